The van der Waals surface area contributed by atoms with Crippen molar-refractivity contribution in [2.45, 2.75) is 59.9 Å². The largest absolute Gasteiger partial charge is 0.378 e. The highest BCUT2D eigenvalue weighted by Crippen LogP contribution is 2.35. The van der Waals surface area contributed by atoms with E-state index >= 15 is 0 Å². The number of carbonyl (C=O) groups is 1. The fraction of sp³-hybridized carbons (Fsp3) is 0.522. The molecule has 2 aromatic rings. The van der Waals surface area contributed by atoms with Gasteiger partial charge in [-0.1, -0.05) is 39.3 Å². The van der Waals surface area contributed by atoms with Crippen molar-refractivity contribution in [3.8, 4) is 11.1 Å². The van der Waals surface area contributed by atoms with Crippen LogP contribution in [0, 0.1) is 12.8 Å². The summed E-state index contributed by atoms with van der Waals surface area (Å²) >= 11 is 0. The lowest BCUT2D eigenvalue weighted by atomic mass is 9.97. The molecule has 27 heavy (non-hydrogen) atoms. The first-order valence-electron chi connectivity index (χ1n) is 10.1. The topological polar surface area (TPSA) is 51.3 Å². The Labute approximate surface area is 164 Å². The number of primary amides is 1. The molecule has 0 aliphatic carbocycles. The lowest BCUT2D eigenvalue weighted by Crippen LogP contribution is -2.14. The molecule has 2 rings (SSSR count). The van der Waals surface area contributed by atoms with Gasteiger partial charge in [0.1, 0.15) is 0 Å². The van der Waals surface area contributed by atoms with Crippen molar-refractivity contribution < 1.29 is 4.79 Å². The molecule has 0 unspecified atom stereocenters. The number of nitrogens with zero attached hydrogens (tertiary/aromatic N) is 2. The molecular weight excluding hydrogens is 334 g/mol. The Morgan fingerprint density at radius 3 is 2.30 bits per heavy atom. The molecule has 0 fully saturated rings. The van der Waals surface area contributed by atoms with Gasteiger partial charge in [-0.15, -0.1) is 0 Å². The summed E-state index contributed by atoms with van der Waals surface area (Å²) in [6, 6.07) is 8.42. The van der Waals surface area contributed by atoms with Crippen LogP contribution >= 0.6 is 0 Å². The molecule has 0 saturated heterocycles. The number of hydrogen-bond acceptors (Lipinski definition) is 2. The molecule has 1 aromatic carbocycles. The van der Waals surface area contributed by atoms with Gasteiger partial charge in [0.15, 0.2) is 0 Å². The summed E-state index contributed by atoms with van der Waals surface area (Å²) in [7, 11) is 4.06. The second kappa shape index (κ2) is 9.12. The van der Waals surface area contributed by atoms with Crippen LogP contribution in [0.2, 0.25) is 0 Å². The molecule has 0 bridgehead atoms. The minimum Gasteiger partial charge on any atom is -0.378 e. The number of carbonyl (C=O) groups excluding carboxylic acids is 1. The summed E-state index contributed by atoms with van der Waals surface area (Å²) in [5.74, 6) is 0.283. The van der Waals surface area contributed by atoms with Crippen LogP contribution < -0.4 is 10.6 Å². The zero-order valence-electron chi connectivity index (χ0n) is 17.8. The molecule has 0 saturated carbocycles. The quantitative estimate of drug-likeness (QED) is 0.675. The number of nitrogens with two attached hydrogens (primary N) is 1. The fourth-order valence-electron chi connectivity index (χ4n) is 3.63. The Bertz CT molecular complexity index is 770. The van der Waals surface area contributed by atoms with E-state index in [4.69, 9.17) is 5.73 Å². The molecule has 1 amide bonds. The van der Waals surface area contributed by atoms with Crippen LogP contribution in [0.15, 0.2) is 24.3 Å². The van der Waals surface area contributed by atoms with E-state index in [0.29, 0.717) is 11.5 Å². The van der Waals surface area contributed by atoms with Crippen LogP contribution in [-0.2, 0) is 13.0 Å². The van der Waals surface area contributed by atoms with E-state index in [-0.39, 0.29) is 5.91 Å². The molecule has 0 radical (unpaired) electrons. The maximum absolute atomic E-state index is 12.4. The van der Waals surface area contributed by atoms with Crippen LogP contribution in [0.1, 0.15) is 61.8 Å². The van der Waals surface area contributed by atoms with Gasteiger partial charge in [-0.2, -0.15) is 0 Å². The second-order valence-electron chi connectivity index (χ2n) is 8.03. The number of rotatable bonds is 9. The second-order valence-corrected chi connectivity index (χ2v) is 8.03. The summed E-state index contributed by atoms with van der Waals surface area (Å²) in [5, 5.41) is 0. The van der Waals surface area contributed by atoms with Crippen molar-refractivity contribution >= 4 is 11.6 Å². The Balaban J connectivity index is 2.64. The average molecular weight is 370 g/mol. The van der Waals surface area contributed by atoms with Crippen LogP contribution in [0.5, 0.6) is 0 Å². The number of anilines is 1. The fourth-order valence-corrected chi connectivity index (χ4v) is 3.63. The summed E-state index contributed by atoms with van der Waals surface area (Å²) in [6.45, 7) is 9.64. The predicted molar refractivity (Wildman–Crippen MR) is 116 cm³/mol. The van der Waals surface area contributed by atoms with E-state index in [1.807, 2.05) is 21.0 Å². The van der Waals surface area contributed by atoms with Crippen molar-refractivity contribution in [2.24, 2.45) is 11.7 Å². The van der Waals surface area contributed by atoms with Gasteiger partial charge in [0, 0.05) is 43.3 Å². The molecule has 2 N–H and O–H groups in total. The highest BCUT2D eigenvalue weighted by atomic mass is 16.1. The Kier molecular flexibility index (Phi) is 7.11. The van der Waals surface area contributed by atoms with Crippen LogP contribution in [0.4, 0.5) is 5.69 Å². The van der Waals surface area contributed by atoms with Gasteiger partial charge in [0.25, 0.3) is 5.91 Å². The van der Waals surface area contributed by atoms with Crippen molar-refractivity contribution in [3.63, 3.8) is 0 Å². The number of hydrogen-bond donors (Lipinski definition) is 1. The van der Waals surface area contributed by atoms with Gasteiger partial charge < -0.3 is 15.2 Å². The average Bonchev–Trinajstić information content (AvgIpc) is 2.89. The standard InChI is InChI=1S/C23H35N3O/c1-7-8-9-20-22(18-10-12-19(13-11-18)25(5)6)21(23(24)27)17(4)26(20)15-14-16(2)3/h10-13,16H,7-9,14-15H2,1-6H3,(H2,24,27). The Morgan fingerprint density at radius 1 is 1.19 bits per heavy atom. The van der Waals surface area contributed by atoms with E-state index in [2.05, 4.69) is 54.5 Å². The lowest BCUT2D eigenvalue weighted by Gasteiger charge is -2.15. The lowest BCUT2D eigenvalue weighted by molar-refractivity contribution is 0.1000. The van der Waals surface area contributed by atoms with Gasteiger partial charge >= 0.3 is 0 Å². The van der Waals surface area contributed by atoms with Crippen LogP contribution in [0.25, 0.3) is 11.1 Å². The van der Waals surface area contributed by atoms with Gasteiger partial charge in [0.05, 0.1) is 5.56 Å². The molecular formula is C23H35N3O. The molecule has 148 valence electrons. The molecule has 4 nitrogen and oxygen atoms in total. The maximum atomic E-state index is 12.4. The molecule has 1 aromatic heterocycles. The van der Waals surface area contributed by atoms with Crippen molar-refractivity contribution in [1.29, 1.82) is 0 Å². The summed E-state index contributed by atoms with van der Waals surface area (Å²) in [4.78, 5) is 14.4. The number of benzene rings is 1. The van der Waals surface area contributed by atoms with Crippen molar-refractivity contribution in [3.05, 3.63) is 41.2 Å². The zero-order chi connectivity index (χ0) is 20.1. The van der Waals surface area contributed by atoms with E-state index in [1.165, 1.54) is 5.69 Å². The first-order valence-corrected chi connectivity index (χ1v) is 10.1. The first kappa shape index (κ1) is 21.1. The summed E-state index contributed by atoms with van der Waals surface area (Å²) in [5.41, 5.74) is 12.0. The Morgan fingerprint density at radius 2 is 1.81 bits per heavy atom. The third-order valence-electron chi connectivity index (χ3n) is 5.25. The third kappa shape index (κ3) is 4.74. The first-order chi connectivity index (χ1) is 12.8. The minimum atomic E-state index is -0.333. The zero-order valence-corrected chi connectivity index (χ0v) is 17.8. The number of amides is 1. The Hall–Kier alpha value is -2.23. The van der Waals surface area contributed by atoms with Gasteiger partial charge in [-0.3, -0.25) is 4.79 Å². The molecule has 0 aliphatic heterocycles. The highest BCUT2D eigenvalue weighted by molar-refractivity contribution is 6.02. The summed E-state index contributed by atoms with van der Waals surface area (Å²) < 4.78 is 2.34. The van der Waals surface area contributed by atoms with E-state index in [9.17, 15) is 4.79 Å². The van der Waals surface area contributed by atoms with E-state index in [0.717, 1.165) is 54.7 Å². The molecule has 1 heterocycles. The maximum Gasteiger partial charge on any atom is 0.251 e. The number of aromatic nitrogens is 1. The van der Waals surface area contributed by atoms with Gasteiger partial charge in [-0.05, 0) is 49.8 Å². The normalized spacial score (nSPS) is 11.2. The highest BCUT2D eigenvalue weighted by Gasteiger charge is 2.24. The summed E-state index contributed by atoms with van der Waals surface area (Å²) in [6.07, 6.45) is 4.28. The molecule has 0 spiro atoms. The van der Waals surface area contributed by atoms with Crippen molar-refractivity contribution in [2.75, 3.05) is 19.0 Å². The van der Waals surface area contributed by atoms with Gasteiger partial charge in [0.2, 0.25) is 0 Å². The predicted octanol–water partition coefficient (Wildman–Crippen LogP) is 5.02. The van der Waals surface area contributed by atoms with E-state index < -0.39 is 0 Å². The molecule has 0 atom stereocenters. The van der Waals surface area contributed by atoms with E-state index in [1.54, 1.807) is 0 Å². The molecule has 0 aliphatic rings. The van der Waals surface area contributed by atoms with Gasteiger partial charge in [-0.25, -0.2) is 0 Å². The number of unbranched alkanes of at least 4 members (excludes halogenated alkanes) is 1. The smallest absolute Gasteiger partial charge is 0.251 e. The molecule has 4 heteroatoms. The SMILES string of the molecule is CCCCc1c(-c2ccc(N(C)C)cc2)c(C(N)=O)c(C)n1CCC(C)C. The minimum absolute atomic E-state index is 0.333. The third-order valence-corrected chi connectivity index (χ3v) is 5.25. The van der Waals surface area contributed by atoms with Crippen LogP contribution in [0.3, 0.4) is 0 Å². The monoisotopic (exact) mass is 369 g/mol. The van der Waals surface area contributed by atoms with Crippen LogP contribution in [-0.4, -0.2) is 24.6 Å². The van der Waals surface area contributed by atoms with Crippen molar-refractivity contribution in [1.82, 2.24) is 4.57 Å².